The van der Waals surface area contributed by atoms with Crippen LogP contribution in [-0.4, -0.2) is 5.97 Å². The summed E-state index contributed by atoms with van der Waals surface area (Å²) in [6.45, 7) is 1.81. The Morgan fingerprint density at radius 1 is 1.00 bits per heavy atom. The van der Waals surface area contributed by atoms with Gasteiger partial charge in [0.1, 0.15) is 0 Å². The normalized spacial score (nSPS) is 9.13. The maximum atomic E-state index is 9.64. The number of hydrogen-bond donors (Lipinski definition) is 0. The van der Waals surface area contributed by atoms with Crippen molar-refractivity contribution >= 4 is 5.97 Å². The van der Waals surface area contributed by atoms with E-state index in [1.165, 1.54) is 6.08 Å². The zero-order chi connectivity index (χ0) is 10.6. The molecular formula is C12H13KO2. The van der Waals surface area contributed by atoms with Gasteiger partial charge in [-0.25, -0.2) is 0 Å². The largest absolute Gasteiger partial charge is 1.00 e. The molecule has 0 saturated heterocycles. The molecule has 0 aromatic heterocycles. The van der Waals surface area contributed by atoms with Gasteiger partial charge in [-0.3, -0.25) is 0 Å². The van der Waals surface area contributed by atoms with Crippen molar-refractivity contribution in [1.29, 1.82) is 0 Å². The van der Waals surface area contributed by atoms with Crippen molar-refractivity contribution in [3.8, 4) is 0 Å². The average Bonchev–Trinajstić information content (AvgIpc) is 2.21. The van der Waals surface area contributed by atoms with Crippen LogP contribution in [0.25, 0.3) is 0 Å². The van der Waals surface area contributed by atoms with Gasteiger partial charge in [0.2, 0.25) is 0 Å². The second kappa shape index (κ2) is 13.8. The molecule has 0 aliphatic rings. The first-order valence-corrected chi connectivity index (χ1v) is 4.27. The fourth-order valence-corrected chi connectivity index (χ4v) is 0.630. The summed E-state index contributed by atoms with van der Waals surface area (Å²) in [7, 11) is 0. The third-order valence-corrected chi connectivity index (χ3v) is 1.20. The smallest absolute Gasteiger partial charge is 0.545 e. The molecular weight excluding hydrogens is 215 g/mol. The van der Waals surface area contributed by atoms with Crippen molar-refractivity contribution in [3.63, 3.8) is 0 Å². The molecule has 0 saturated carbocycles. The fourth-order valence-electron chi connectivity index (χ4n) is 0.630. The number of rotatable bonds is 2. The van der Waals surface area contributed by atoms with E-state index in [9.17, 15) is 9.90 Å². The molecule has 0 radical (unpaired) electrons. The van der Waals surface area contributed by atoms with Gasteiger partial charge >= 0.3 is 51.4 Å². The summed E-state index contributed by atoms with van der Waals surface area (Å²) in [6.07, 6.45) is 5.74. The van der Waals surface area contributed by atoms with Crippen LogP contribution in [0.4, 0.5) is 0 Å². The maximum Gasteiger partial charge on any atom is 1.00 e. The Morgan fingerprint density at radius 2 is 1.40 bits per heavy atom. The molecule has 1 aromatic rings. The number of carbonyl (C=O) groups excluding carboxylic acids is 1. The minimum atomic E-state index is -1.16. The topological polar surface area (TPSA) is 40.1 Å². The first-order valence-electron chi connectivity index (χ1n) is 4.27. The Bertz CT molecular complexity index is 265. The van der Waals surface area contributed by atoms with Gasteiger partial charge < -0.3 is 9.90 Å². The third kappa shape index (κ3) is 16.5. The van der Waals surface area contributed by atoms with Gasteiger partial charge in [-0.1, -0.05) is 54.6 Å². The fraction of sp³-hybridized carbons (Fsp3) is 0.0833. The second-order valence-corrected chi connectivity index (χ2v) is 2.36. The van der Waals surface area contributed by atoms with Crippen LogP contribution in [0, 0.1) is 0 Å². The van der Waals surface area contributed by atoms with E-state index in [4.69, 9.17) is 0 Å². The number of aliphatic carboxylic acids is 1. The SMILES string of the molecule is C/C=C/C=C/C(=O)[O-].[K+].c1ccccc1. The standard InChI is InChI=1S/C6H8O2.C6H6.K/c1-2-3-4-5-6(7)8;1-2-4-6-5-3-1;/h2-5H,1H3,(H,7,8);1-6H;/q;;+1/p-1/b3-2+,5-4+;;. The molecule has 15 heavy (non-hydrogen) atoms. The summed E-state index contributed by atoms with van der Waals surface area (Å²) in [4.78, 5) is 9.64. The Balaban J connectivity index is 0. The number of carbonyl (C=O) groups is 1. The van der Waals surface area contributed by atoms with Crippen molar-refractivity contribution in [2.24, 2.45) is 0 Å². The Labute approximate surface area is 133 Å². The van der Waals surface area contributed by atoms with Crippen LogP contribution in [0.2, 0.25) is 0 Å². The van der Waals surface area contributed by atoms with Gasteiger partial charge in [0.05, 0.1) is 5.97 Å². The number of carboxylic acids is 1. The van der Waals surface area contributed by atoms with E-state index in [2.05, 4.69) is 0 Å². The van der Waals surface area contributed by atoms with E-state index in [0.29, 0.717) is 0 Å². The minimum Gasteiger partial charge on any atom is -0.545 e. The molecule has 2 nitrogen and oxygen atoms in total. The zero-order valence-electron chi connectivity index (χ0n) is 9.09. The first kappa shape index (κ1) is 17.2. The van der Waals surface area contributed by atoms with Gasteiger partial charge in [0.25, 0.3) is 0 Å². The van der Waals surface area contributed by atoms with Crippen LogP contribution in [0.3, 0.4) is 0 Å². The Hall–Kier alpha value is -0.194. The summed E-state index contributed by atoms with van der Waals surface area (Å²) in [5, 5.41) is 9.64. The van der Waals surface area contributed by atoms with Crippen molar-refractivity contribution in [1.82, 2.24) is 0 Å². The Morgan fingerprint density at radius 3 is 1.67 bits per heavy atom. The Kier molecular flexibility index (Phi) is 15.8. The summed E-state index contributed by atoms with van der Waals surface area (Å²) in [5.41, 5.74) is 0. The maximum absolute atomic E-state index is 9.64. The molecule has 74 valence electrons. The quantitative estimate of drug-likeness (QED) is 0.353. The van der Waals surface area contributed by atoms with Crippen molar-refractivity contribution in [3.05, 3.63) is 60.7 Å². The minimum absolute atomic E-state index is 0. The van der Waals surface area contributed by atoms with Crippen LogP contribution in [-0.2, 0) is 4.79 Å². The van der Waals surface area contributed by atoms with E-state index in [1.807, 2.05) is 36.4 Å². The number of benzene rings is 1. The molecule has 0 fully saturated rings. The second-order valence-electron chi connectivity index (χ2n) is 2.36. The van der Waals surface area contributed by atoms with Gasteiger partial charge in [-0.05, 0) is 13.0 Å². The molecule has 3 heteroatoms. The molecule has 0 unspecified atom stereocenters. The molecule has 0 amide bonds. The number of allylic oxidation sites excluding steroid dienone is 3. The molecule has 0 spiro atoms. The van der Waals surface area contributed by atoms with E-state index >= 15 is 0 Å². The molecule has 1 rings (SSSR count). The van der Waals surface area contributed by atoms with Gasteiger partial charge in [0, 0.05) is 0 Å². The monoisotopic (exact) mass is 228 g/mol. The first-order chi connectivity index (χ1) is 6.77. The summed E-state index contributed by atoms with van der Waals surface area (Å²) < 4.78 is 0. The van der Waals surface area contributed by atoms with Crippen molar-refractivity contribution in [2.45, 2.75) is 6.92 Å². The third-order valence-electron chi connectivity index (χ3n) is 1.20. The molecule has 0 aliphatic heterocycles. The number of hydrogen-bond acceptors (Lipinski definition) is 2. The van der Waals surface area contributed by atoms with E-state index in [0.717, 1.165) is 6.08 Å². The summed E-state index contributed by atoms with van der Waals surface area (Å²) in [5.74, 6) is -1.16. The van der Waals surface area contributed by atoms with E-state index < -0.39 is 5.97 Å². The molecule has 0 aliphatic carbocycles. The molecule has 1 aromatic carbocycles. The number of carboxylic acid groups (broad SMARTS) is 1. The van der Waals surface area contributed by atoms with Crippen LogP contribution >= 0.6 is 0 Å². The van der Waals surface area contributed by atoms with Crippen LogP contribution in [0.15, 0.2) is 60.7 Å². The molecule has 0 atom stereocenters. The average molecular weight is 228 g/mol. The van der Waals surface area contributed by atoms with Crippen molar-refractivity contribution in [2.75, 3.05) is 0 Å². The van der Waals surface area contributed by atoms with Crippen LogP contribution in [0.1, 0.15) is 6.92 Å². The van der Waals surface area contributed by atoms with Gasteiger partial charge in [0.15, 0.2) is 0 Å². The summed E-state index contributed by atoms with van der Waals surface area (Å²) in [6, 6.07) is 12.0. The predicted molar refractivity (Wildman–Crippen MR) is 55.4 cm³/mol. The van der Waals surface area contributed by atoms with Gasteiger partial charge in [-0.15, -0.1) is 0 Å². The predicted octanol–water partition coefficient (Wildman–Crippen LogP) is -1.44. The van der Waals surface area contributed by atoms with Crippen LogP contribution in [0.5, 0.6) is 0 Å². The van der Waals surface area contributed by atoms with Crippen molar-refractivity contribution < 1.29 is 61.3 Å². The van der Waals surface area contributed by atoms with Crippen LogP contribution < -0.4 is 56.5 Å². The molecule has 0 bridgehead atoms. The molecule has 0 heterocycles. The molecule has 0 N–H and O–H groups in total. The zero-order valence-corrected chi connectivity index (χ0v) is 12.2. The van der Waals surface area contributed by atoms with E-state index in [1.54, 1.807) is 19.1 Å². The van der Waals surface area contributed by atoms with E-state index in [-0.39, 0.29) is 51.4 Å². The summed E-state index contributed by atoms with van der Waals surface area (Å²) >= 11 is 0. The van der Waals surface area contributed by atoms with Gasteiger partial charge in [-0.2, -0.15) is 0 Å².